The second-order valence-electron chi connectivity index (χ2n) is 7.06. The van der Waals surface area contributed by atoms with Gasteiger partial charge in [-0.05, 0) is 56.2 Å². The first-order chi connectivity index (χ1) is 10.1. The molecular formula is C18H27N3. The number of rotatable bonds is 4. The molecule has 2 N–H and O–H groups in total. The van der Waals surface area contributed by atoms with E-state index in [0.29, 0.717) is 6.04 Å². The number of nitrogens with zero attached hydrogens (tertiary/aromatic N) is 1. The molecule has 1 aliphatic carbocycles. The molecule has 21 heavy (non-hydrogen) atoms. The molecule has 0 aliphatic heterocycles. The summed E-state index contributed by atoms with van der Waals surface area (Å²) in [5.74, 6) is 2.70. The van der Waals surface area contributed by atoms with E-state index in [4.69, 9.17) is 0 Å². The highest BCUT2D eigenvalue weighted by Crippen LogP contribution is 2.31. The van der Waals surface area contributed by atoms with Gasteiger partial charge >= 0.3 is 0 Å². The lowest BCUT2D eigenvalue weighted by atomic mass is 9.81. The summed E-state index contributed by atoms with van der Waals surface area (Å²) in [5, 5.41) is 3.74. The Balaban J connectivity index is 1.66. The Kier molecular flexibility index (Phi) is 4.18. The molecule has 0 saturated heterocycles. The molecule has 1 aromatic heterocycles. The van der Waals surface area contributed by atoms with Gasteiger partial charge in [-0.2, -0.15) is 0 Å². The molecule has 2 unspecified atom stereocenters. The van der Waals surface area contributed by atoms with Gasteiger partial charge in [0.2, 0.25) is 0 Å². The van der Waals surface area contributed by atoms with Crippen molar-refractivity contribution < 1.29 is 0 Å². The van der Waals surface area contributed by atoms with Crippen LogP contribution in [0, 0.1) is 18.8 Å². The first-order valence-electron chi connectivity index (χ1n) is 8.33. The van der Waals surface area contributed by atoms with E-state index >= 15 is 0 Å². The number of fused-ring (bicyclic) bond motifs is 1. The average molecular weight is 285 g/mol. The van der Waals surface area contributed by atoms with Crippen LogP contribution in [0.25, 0.3) is 11.0 Å². The van der Waals surface area contributed by atoms with Crippen molar-refractivity contribution in [2.75, 3.05) is 5.32 Å². The number of hydrogen-bond donors (Lipinski definition) is 2. The highest BCUT2D eigenvalue weighted by molar-refractivity contribution is 5.79. The van der Waals surface area contributed by atoms with Crippen LogP contribution in [0.5, 0.6) is 0 Å². The van der Waals surface area contributed by atoms with Gasteiger partial charge in [0.1, 0.15) is 5.82 Å². The first-order valence-corrected chi connectivity index (χ1v) is 8.33. The van der Waals surface area contributed by atoms with Gasteiger partial charge in [0.05, 0.1) is 11.0 Å². The van der Waals surface area contributed by atoms with Crippen molar-refractivity contribution in [3.8, 4) is 0 Å². The Bertz CT molecular complexity index is 600. The highest BCUT2D eigenvalue weighted by atomic mass is 14.9. The minimum Gasteiger partial charge on any atom is -0.382 e. The smallest absolute Gasteiger partial charge is 0.104 e. The van der Waals surface area contributed by atoms with Gasteiger partial charge < -0.3 is 10.3 Å². The quantitative estimate of drug-likeness (QED) is 0.839. The highest BCUT2D eigenvalue weighted by Gasteiger charge is 2.22. The van der Waals surface area contributed by atoms with Gasteiger partial charge in [0.15, 0.2) is 0 Å². The third-order valence-electron chi connectivity index (χ3n) is 4.56. The number of aromatic nitrogens is 2. The van der Waals surface area contributed by atoms with Crippen LogP contribution in [-0.2, 0) is 0 Å². The number of H-pyrrole nitrogens is 1. The predicted octanol–water partition coefficient (Wildman–Crippen LogP) is 4.89. The van der Waals surface area contributed by atoms with Crippen molar-refractivity contribution in [3.63, 3.8) is 0 Å². The monoisotopic (exact) mass is 285 g/mol. The van der Waals surface area contributed by atoms with Gasteiger partial charge in [-0.1, -0.05) is 26.7 Å². The van der Waals surface area contributed by atoms with E-state index in [-0.39, 0.29) is 0 Å². The van der Waals surface area contributed by atoms with Gasteiger partial charge in [-0.3, -0.25) is 0 Å². The van der Waals surface area contributed by atoms with Crippen molar-refractivity contribution in [2.45, 2.75) is 58.9 Å². The molecule has 1 fully saturated rings. The van der Waals surface area contributed by atoms with E-state index in [1.807, 2.05) is 6.92 Å². The summed E-state index contributed by atoms with van der Waals surface area (Å²) in [6.07, 6.45) is 6.76. The van der Waals surface area contributed by atoms with Crippen LogP contribution >= 0.6 is 0 Å². The Hall–Kier alpha value is -1.51. The molecule has 0 bridgehead atoms. The lowest BCUT2D eigenvalue weighted by Crippen LogP contribution is -2.27. The normalized spacial score (nSPS) is 22.9. The Labute approximate surface area is 127 Å². The summed E-state index contributed by atoms with van der Waals surface area (Å²) < 4.78 is 0. The maximum atomic E-state index is 4.46. The van der Waals surface area contributed by atoms with Crippen LogP contribution in [0.2, 0.25) is 0 Å². The maximum absolute atomic E-state index is 4.46. The summed E-state index contributed by atoms with van der Waals surface area (Å²) in [6, 6.07) is 7.09. The topological polar surface area (TPSA) is 40.7 Å². The average Bonchev–Trinajstić information content (AvgIpc) is 2.77. The molecule has 114 valence electrons. The van der Waals surface area contributed by atoms with E-state index in [1.165, 1.54) is 37.8 Å². The molecule has 1 saturated carbocycles. The van der Waals surface area contributed by atoms with Crippen LogP contribution in [0.15, 0.2) is 18.2 Å². The third kappa shape index (κ3) is 3.58. The summed E-state index contributed by atoms with van der Waals surface area (Å²) in [7, 11) is 0. The predicted molar refractivity (Wildman–Crippen MR) is 89.7 cm³/mol. The van der Waals surface area contributed by atoms with E-state index in [0.717, 1.165) is 28.7 Å². The molecule has 0 spiro atoms. The lowest BCUT2D eigenvalue weighted by molar-refractivity contribution is 0.289. The van der Waals surface area contributed by atoms with Gasteiger partial charge in [0.25, 0.3) is 0 Å². The van der Waals surface area contributed by atoms with Gasteiger partial charge in [0, 0.05) is 11.7 Å². The van der Waals surface area contributed by atoms with Crippen LogP contribution in [0.3, 0.4) is 0 Å². The molecule has 1 aromatic carbocycles. The molecule has 0 amide bonds. The Morgan fingerprint density at radius 2 is 2.19 bits per heavy atom. The lowest BCUT2D eigenvalue weighted by Gasteiger charge is -2.31. The first kappa shape index (κ1) is 14.4. The molecule has 3 rings (SSSR count). The van der Waals surface area contributed by atoms with E-state index in [1.54, 1.807) is 0 Å². The molecule has 3 heteroatoms. The van der Waals surface area contributed by atoms with E-state index < -0.39 is 0 Å². The molecular weight excluding hydrogens is 258 g/mol. The fraction of sp³-hybridized carbons (Fsp3) is 0.611. The van der Waals surface area contributed by atoms with Gasteiger partial charge in [-0.15, -0.1) is 0 Å². The molecule has 1 heterocycles. The van der Waals surface area contributed by atoms with Crippen molar-refractivity contribution in [3.05, 3.63) is 24.0 Å². The van der Waals surface area contributed by atoms with E-state index in [2.05, 4.69) is 47.3 Å². The van der Waals surface area contributed by atoms with Crippen LogP contribution in [0.1, 0.15) is 51.8 Å². The van der Waals surface area contributed by atoms with Crippen molar-refractivity contribution in [1.29, 1.82) is 0 Å². The Morgan fingerprint density at radius 1 is 1.33 bits per heavy atom. The van der Waals surface area contributed by atoms with Crippen LogP contribution < -0.4 is 5.32 Å². The Morgan fingerprint density at radius 3 is 3.00 bits per heavy atom. The third-order valence-corrected chi connectivity index (χ3v) is 4.56. The number of hydrogen-bond acceptors (Lipinski definition) is 2. The van der Waals surface area contributed by atoms with Gasteiger partial charge in [-0.25, -0.2) is 4.98 Å². The maximum Gasteiger partial charge on any atom is 0.104 e. The largest absolute Gasteiger partial charge is 0.382 e. The summed E-state index contributed by atoms with van der Waals surface area (Å²) in [4.78, 5) is 7.78. The number of benzene rings is 1. The second kappa shape index (κ2) is 6.08. The zero-order chi connectivity index (χ0) is 14.8. The number of aryl methyl sites for hydroxylation is 1. The van der Waals surface area contributed by atoms with E-state index in [9.17, 15) is 0 Å². The molecule has 0 radical (unpaired) electrons. The second-order valence-corrected chi connectivity index (χ2v) is 7.06. The SMILES string of the molecule is Cc1nc2ccc(NC3CCCC(CC(C)C)C3)cc2[nH]1. The fourth-order valence-electron chi connectivity index (χ4n) is 3.77. The number of aromatic amines is 1. The zero-order valence-corrected chi connectivity index (χ0v) is 13.4. The molecule has 2 atom stereocenters. The summed E-state index contributed by atoms with van der Waals surface area (Å²) in [5.41, 5.74) is 3.41. The van der Waals surface area contributed by atoms with Crippen molar-refractivity contribution in [2.24, 2.45) is 11.8 Å². The van der Waals surface area contributed by atoms with Crippen LogP contribution in [0.4, 0.5) is 5.69 Å². The molecule has 2 aromatic rings. The summed E-state index contributed by atoms with van der Waals surface area (Å²) in [6.45, 7) is 6.68. The summed E-state index contributed by atoms with van der Waals surface area (Å²) >= 11 is 0. The minimum atomic E-state index is 0.629. The number of anilines is 1. The zero-order valence-electron chi connectivity index (χ0n) is 13.4. The van der Waals surface area contributed by atoms with Crippen molar-refractivity contribution >= 4 is 16.7 Å². The molecule has 1 aliphatic rings. The van der Waals surface area contributed by atoms with Crippen LogP contribution in [-0.4, -0.2) is 16.0 Å². The standard InChI is InChI=1S/C18H27N3/c1-12(2)9-14-5-4-6-15(10-14)21-16-7-8-17-18(11-16)20-13(3)19-17/h7-8,11-12,14-15,21H,4-6,9-10H2,1-3H3,(H,19,20). The number of imidazole rings is 1. The number of nitrogens with one attached hydrogen (secondary N) is 2. The van der Waals surface area contributed by atoms with Crippen molar-refractivity contribution in [1.82, 2.24) is 9.97 Å². The molecule has 3 nitrogen and oxygen atoms in total. The fourth-order valence-corrected chi connectivity index (χ4v) is 3.77. The minimum absolute atomic E-state index is 0.629.